The van der Waals surface area contributed by atoms with Gasteiger partial charge in [-0.15, -0.1) is 0 Å². The third-order valence-corrected chi connectivity index (χ3v) is 3.69. The fourth-order valence-corrected chi connectivity index (χ4v) is 2.69. The highest BCUT2D eigenvalue weighted by molar-refractivity contribution is 6.14. The molecule has 0 radical (unpaired) electrons. The maximum atomic E-state index is 8.35. The predicted molar refractivity (Wildman–Crippen MR) is 84.8 cm³/mol. The predicted octanol–water partition coefficient (Wildman–Crippen LogP) is 3.93. The van der Waals surface area contributed by atoms with Crippen LogP contribution in [0.25, 0.3) is 10.4 Å². The fourth-order valence-electron chi connectivity index (χ4n) is 2.69. The molecule has 0 unspecified atom stereocenters. The van der Waals surface area contributed by atoms with Gasteiger partial charge in [-0.05, 0) is 35.6 Å². The van der Waals surface area contributed by atoms with Gasteiger partial charge in [-0.2, -0.15) is 0 Å². The highest BCUT2D eigenvalue weighted by Crippen LogP contribution is 2.21. The standard InChI is InChI=1S/C17H16N4/c18-21-20-11-8-13-4-3-6-15(12-13)17-16-7-2-1-5-14(16)9-10-19-17/h1-7,12H,8-11H2. The Morgan fingerprint density at radius 3 is 2.95 bits per heavy atom. The van der Waals surface area contributed by atoms with Crippen molar-refractivity contribution in [1.82, 2.24) is 0 Å². The van der Waals surface area contributed by atoms with E-state index < -0.39 is 0 Å². The van der Waals surface area contributed by atoms with Crippen molar-refractivity contribution in [2.75, 3.05) is 13.1 Å². The Morgan fingerprint density at radius 2 is 2.05 bits per heavy atom. The van der Waals surface area contributed by atoms with Crippen molar-refractivity contribution in [3.63, 3.8) is 0 Å². The molecule has 0 amide bonds. The summed E-state index contributed by atoms with van der Waals surface area (Å²) >= 11 is 0. The van der Waals surface area contributed by atoms with Crippen molar-refractivity contribution in [2.45, 2.75) is 12.8 Å². The van der Waals surface area contributed by atoms with Gasteiger partial charge in [-0.25, -0.2) is 0 Å². The second-order valence-corrected chi connectivity index (χ2v) is 5.04. The largest absolute Gasteiger partial charge is 0.284 e. The Labute approximate surface area is 123 Å². The highest BCUT2D eigenvalue weighted by atomic mass is 15.1. The van der Waals surface area contributed by atoms with Crippen LogP contribution < -0.4 is 0 Å². The normalized spacial score (nSPS) is 13.0. The van der Waals surface area contributed by atoms with Gasteiger partial charge in [0.2, 0.25) is 0 Å². The average Bonchev–Trinajstić information content (AvgIpc) is 2.55. The number of azide groups is 1. The summed E-state index contributed by atoms with van der Waals surface area (Å²) in [6, 6.07) is 16.8. The van der Waals surface area contributed by atoms with Crippen LogP contribution in [0.4, 0.5) is 0 Å². The molecule has 0 fully saturated rings. The maximum Gasteiger partial charge on any atom is 0.0721 e. The molecule has 0 bridgehead atoms. The number of rotatable bonds is 4. The summed E-state index contributed by atoms with van der Waals surface area (Å²) in [5, 5.41) is 3.60. The smallest absolute Gasteiger partial charge is 0.0721 e. The fraction of sp³-hybridized carbons (Fsp3) is 0.235. The summed E-state index contributed by atoms with van der Waals surface area (Å²) in [6.07, 6.45) is 1.77. The maximum absolute atomic E-state index is 8.35. The van der Waals surface area contributed by atoms with E-state index in [1.54, 1.807) is 0 Å². The number of benzene rings is 2. The van der Waals surface area contributed by atoms with E-state index in [0.29, 0.717) is 6.54 Å². The molecule has 0 aliphatic carbocycles. The summed E-state index contributed by atoms with van der Waals surface area (Å²) in [7, 11) is 0. The van der Waals surface area contributed by atoms with Crippen LogP contribution in [0.2, 0.25) is 0 Å². The molecule has 0 spiro atoms. The van der Waals surface area contributed by atoms with Gasteiger partial charge in [0.15, 0.2) is 0 Å². The minimum absolute atomic E-state index is 0.489. The highest BCUT2D eigenvalue weighted by Gasteiger charge is 2.15. The first-order valence-corrected chi connectivity index (χ1v) is 7.11. The van der Waals surface area contributed by atoms with Gasteiger partial charge in [0.05, 0.1) is 5.71 Å². The molecule has 0 saturated carbocycles. The number of nitrogens with zero attached hydrogens (tertiary/aromatic N) is 4. The molecule has 0 atom stereocenters. The van der Waals surface area contributed by atoms with Gasteiger partial charge >= 0.3 is 0 Å². The molecule has 1 aliphatic heterocycles. The third-order valence-electron chi connectivity index (χ3n) is 3.69. The molecule has 0 saturated heterocycles. The van der Waals surface area contributed by atoms with Gasteiger partial charge in [-0.1, -0.05) is 47.6 Å². The van der Waals surface area contributed by atoms with Crippen molar-refractivity contribution in [2.24, 2.45) is 10.1 Å². The lowest BCUT2D eigenvalue weighted by molar-refractivity contribution is 0.941. The Bertz CT molecular complexity index is 727. The van der Waals surface area contributed by atoms with Crippen LogP contribution in [0.3, 0.4) is 0 Å². The first kappa shape index (κ1) is 13.4. The monoisotopic (exact) mass is 276 g/mol. The second-order valence-electron chi connectivity index (χ2n) is 5.04. The van der Waals surface area contributed by atoms with E-state index in [1.807, 2.05) is 6.07 Å². The van der Waals surface area contributed by atoms with E-state index in [2.05, 4.69) is 52.5 Å². The Balaban J connectivity index is 1.92. The summed E-state index contributed by atoms with van der Waals surface area (Å²) in [6.45, 7) is 1.33. The second kappa shape index (κ2) is 6.25. The number of fused-ring (bicyclic) bond motifs is 1. The zero-order valence-corrected chi connectivity index (χ0v) is 11.7. The molecular formula is C17H16N4. The lowest BCUT2D eigenvalue weighted by atomic mass is 9.92. The minimum atomic E-state index is 0.489. The molecule has 1 heterocycles. The SMILES string of the molecule is [N-]=[N+]=NCCc1cccc(C2=NCCc3ccccc32)c1. The zero-order chi connectivity index (χ0) is 14.5. The summed E-state index contributed by atoms with van der Waals surface area (Å²) < 4.78 is 0. The number of hydrogen-bond donors (Lipinski definition) is 0. The first-order chi connectivity index (χ1) is 10.4. The molecule has 2 aromatic carbocycles. The van der Waals surface area contributed by atoms with Crippen molar-refractivity contribution < 1.29 is 0 Å². The van der Waals surface area contributed by atoms with Crippen LogP contribution in [0.15, 0.2) is 58.6 Å². The van der Waals surface area contributed by atoms with E-state index in [-0.39, 0.29) is 0 Å². The van der Waals surface area contributed by atoms with Gasteiger partial charge in [-0.3, -0.25) is 4.99 Å². The molecule has 2 aromatic rings. The molecule has 104 valence electrons. The number of aliphatic imine (C=N–C) groups is 1. The lowest BCUT2D eigenvalue weighted by Crippen LogP contribution is -2.14. The van der Waals surface area contributed by atoms with Crippen molar-refractivity contribution in [1.29, 1.82) is 0 Å². The zero-order valence-electron chi connectivity index (χ0n) is 11.7. The van der Waals surface area contributed by atoms with E-state index in [1.165, 1.54) is 16.7 Å². The molecule has 4 heteroatoms. The van der Waals surface area contributed by atoms with Gasteiger partial charge in [0.1, 0.15) is 0 Å². The number of hydrogen-bond acceptors (Lipinski definition) is 2. The summed E-state index contributed by atoms with van der Waals surface area (Å²) in [4.78, 5) is 7.51. The van der Waals surface area contributed by atoms with E-state index >= 15 is 0 Å². The topological polar surface area (TPSA) is 61.1 Å². The molecular weight excluding hydrogens is 260 g/mol. The van der Waals surface area contributed by atoms with Crippen LogP contribution in [-0.4, -0.2) is 18.8 Å². The average molecular weight is 276 g/mol. The van der Waals surface area contributed by atoms with Crippen molar-refractivity contribution in [3.8, 4) is 0 Å². The summed E-state index contributed by atoms with van der Waals surface area (Å²) in [5.74, 6) is 0. The van der Waals surface area contributed by atoms with Crippen molar-refractivity contribution >= 4 is 5.71 Å². The molecule has 4 nitrogen and oxygen atoms in total. The Kier molecular flexibility index (Phi) is 3.99. The van der Waals surface area contributed by atoms with Crippen LogP contribution in [0, 0.1) is 0 Å². The van der Waals surface area contributed by atoms with E-state index in [4.69, 9.17) is 10.5 Å². The molecule has 21 heavy (non-hydrogen) atoms. The molecule has 3 rings (SSSR count). The van der Waals surface area contributed by atoms with Gasteiger partial charge < -0.3 is 0 Å². The van der Waals surface area contributed by atoms with Crippen molar-refractivity contribution in [3.05, 3.63) is 81.2 Å². The molecule has 0 aromatic heterocycles. The molecule has 0 N–H and O–H groups in total. The summed E-state index contributed by atoms with van der Waals surface area (Å²) in [5.41, 5.74) is 14.3. The lowest BCUT2D eigenvalue weighted by Gasteiger charge is -2.17. The quantitative estimate of drug-likeness (QED) is 0.461. The minimum Gasteiger partial charge on any atom is -0.284 e. The van der Waals surface area contributed by atoms with E-state index in [0.717, 1.165) is 30.7 Å². The van der Waals surface area contributed by atoms with Crippen LogP contribution in [0.1, 0.15) is 22.3 Å². The van der Waals surface area contributed by atoms with Gasteiger partial charge in [0.25, 0.3) is 0 Å². The van der Waals surface area contributed by atoms with E-state index in [9.17, 15) is 0 Å². The van der Waals surface area contributed by atoms with Crippen LogP contribution >= 0.6 is 0 Å². The Morgan fingerprint density at radius 1 is 1.14 bits per heavy atom. The third kappa shape index (κ3) is 2.96. The Hall–Kier alpha value is -2.58. The van der Waals surface area contributed by atoms with Gasteiger partial charge in [0, 0.05) is 29.1 Å². The molecule has 1 aliphatic rings. The van der Waals surface area contributed by atoms with Crippen LogP contribution in [-0.2, 0) is 12.8 Å². The first-order valence-electron chi connectivity index (χ1n) is 7.11. The van der Waals surface area contributed by atoms with Crippen LogP contribution in [0.5, 0.6) is 0 Å².